The number of carbonyl (C=O) groups is 2. The van der Waals surface area contributed by atoms with Crippen LogP contribution in [0.1, 0.15) is 60.0 Å². The number of nitrogens with zero attached hydrogens (tertiary/aromatic N) is 1. The zero-order chi connectivity index (χ0) is 27.3. The van der Waals surface area contributed by atoms with Crippen LogP contribution in [0.5, 0.6) is 0 Å². The number of benzene rings is 2. The first-order chi connectivity index (χ1) is 17.5. The Morgan fingerprint density at radius 1 is 1.14 bits per heavy atom. The summed E-state index contributed by atoms with van der Waals surface area (Å²) in [5.41, 5.74) is 0.998. The Morgan fingerprint density at radius 3 is 2.54 bits per heavy atom. The number of fused-ring (bicyclic) bond motifs is 1. The Hall–Kier alpha value is -2.36. The number of halogens is 6. The van der Waals surface area contributed by atoms with Crippen molar-refractivity contribution in [1.82, 2.24) is 10.3 Å². The van der Waals surface area contributed by atoms with E-state index in [0.717, 1.165) is 16.6 Å². The van der Waals surface area contributed by atoms with E-state index < -0.39 is 40.8 Å². The van der Waals surface area contributed by atoms with Gasteiger partial charge in [-0.1, -0.05) is 46.1 Å². The third-order valence-electron chi connectivity index (χ3n) is 5.83. The highest BCUT2D eigenvalue weighted by Crippen LogP contribution is 2.33. The number of nitrogens with one attached hydrogen (secondary N) is 1. The number of alkyl halides is 1. The number of ether oxygens (including phenoxy) is 1. The Balaban J connectivity index is 1.88. The molecule has 1 aromatic heterocycles. The van der Waals surface area contributed by atoms with Gasteiger partial charge in [-0.2, -0.15) is 0 Å². The molecule has 2 unspecified atom stereocenters. The first-order valence-electron chi connectivity index (χ1n) is 11.5. The van der Waals surface area contributed by atoms with Gasteiger partial charge in [0.1, 0.15) is 16.8 Å². The van der Waals surface area contributed by atoms with Crippen LogP contribution in [0.4, 0.5) is 13.2 Å². The van der Waals surface area contributed by atoms with Crippen LogP contribution in [-0.4, -0.2) is 29.8 Å². The standard InChI is InChI=1S/C26H24BrCl2F3N2O3/c1-3-4-20(32)37-21(35)10-5-14(23-17(30)7-8-18(31)24(23)28)12-33-26(36)22-13(2)25(29)34-19-9-6-15(27)11-16(19)22/h6-9,11,14,20H,3-5,10,12H2,1-2H3,(H,33,36). The van der Waals surface area contributed by atoms with E-state index in [1.807, 2.05) is 0 Å². The zero-order valence-electron chi connectivity index (χ0n) is 20.0. The van der Waals surface area contributed by atoms with Crippen LogP contribution in [0.2, 0.25) is 10.2 Å². The lowest BCUT2D eigenvalue weighted by atomic mass is 9.93. The number of amides is 1. The molecule has 0 saturated carbocycles. The molecule has 0 aliphatic carbocycles. The van der Waals surface area contributed by atoms with Gasteiger partial charge in [0, 0.05) is 40.7 Å². The molecule has 0 spiro atoms. The van der Waals surface area contributed by atoms with Crippen LogP contribution in [0, 0.1) is 18.6 Å². The van der Waals surface area contributed by atoms with Crippen LogP contribution in [-0.2, 0) is 9.53 Å². The number of esters is 1. The normalized spacial score (nSPS) is 12.9. The average molecular weight is 620 g/mol. The van der Waals surface area contributed by atoms with Gasteiger partial charge in [0.05, 0.1) is 16.1 Å². The fourth-order valence-electron chi connectivity index (χ4n) is 3.94. The van der Waals surface area contributed by atoms with Crippen molar-refractivity contribution < 1.29 is 27.5 Å². The van der Waals surface area contributed by atoms with E-state index in [0.29, 0.717) is 22.9 Å². The van der Waals surface area contributed by atoms with E-state index in [-0.39, 0.29) is 42.1 Å². The van der Waals surface area contributed by atoms with E-state index >= 15 is 0 Å². The highest BCUT2D eigenvalue weighted by atomic mass is 79.9. The second kappa shape index (κ2) is 12.9. The van der Waals surface area contributed by atoms with E-state index in [4.69, 9.17) is 27.9 Å². The fraction of sp³-hybridized carbons (Fsp3) is 0.346. The maximum atomic E-state index is 14.8. The molecule has 1 amide bonds. The lowest BCUT2D eigenvalue weighted by molar-refractivity contribution is -0.158. The molecule has 0 bridgehead atoms. The summed E-state index contributed by atoms with van der Waals surface area (Å²) in [6.07, 6.45) is -1.60. The van der Waals surface area contributed by atoms with Crippen LogP contribution < -0.4 is 5.32 Å². The summed E-state index contributed by atoms with van der Waals surface area (Å²) < 4.78 is 48.1. The smallest absolute Gasteiger partial charge is 0.308 e. The molecule has 0 aliphatic heterocycles. The van der Waals surface area contributed by atoms with Crippen molar-refractivity contribution in [2.75, 3.05) is 6.54 Å². The minimum atomic E-state index is -1.75. The van der Waals surface area contributed by atoms with Crippen molar-refractivity contribution in [3.8, 4) is 0 Å². The molecule has 0 radical (unpaired) electrons. The number of hydrogen-bond acceptors (Lipinski definition) is 4. The molecule has 2 aromatic carbocycles. The van der Waals surface area contributed by atoms with Crippen LogP contribution >= 0.6 is 39.1 Å². The molecular formula is C26H24BrCl2F3N2O3. The van der Waals surface area contributed by atoms with Crippen molar-refractivity contribution in [2.45, 2.75) is 51.8 Å². The summed E-state index contributed by atoms with van der Waals surface area (Å²) in [6.45, 7) is 3.19. The first-order valence-corrected chi connectivity index (χ1v) is 13.1. The number of hydrogen-bond donors (Lipinski definition) is 1. The van der Waals surface area contributed by atoms with Crippen molar-refractivity contribution in [2.24, 2.45) is 0 Å². The third-order valence-corrected chi connectivity index (χ3v) is 7.07. The second-order valence-electron chi connectivity index (χ2n) is 8.46. The molecule has 3 aromatic rings. The van der Waals surface area contributed by atoms with Gasteiger partial charge in [-0.3, -0.25) is 9.59 Å². The van der Waals surface area contributed by atoms with Gasteiger partial charge in [-0.25, -0.2) is 18.2 Å². The molecule has 1 heterocycles. The SMILES string of the molecule is CCCC(F)OC(=O)CCC(CNC(=O)c1c(C)c(Cl)nc2ccc(Br)cc12)c1c(F)ccc(F)c1Cl. The molecule has 1 N–H and O–H groups in total. The summed E-state index contributed by atoms with van der Waals surface area (Å²) in [5, 5.41) is 2.94. The summed E-state index contributed by atoms with van der Waals surface area (Å²) in [6, 6.07) is 6.99. The van der Waals surface area contributed by atoms with Crippen molar-refractivity contribution in [3.63, 3.8) is 0 Å². The maximum absolute atomic E-state index is 14.8. The Labute approximate surface area is 230 Å². The Kier molecular flexibility index (Phi) is 10.2. The summed E-state index contributed by atoms with van der Waals surface area (Å²) >= 11 is 15.7. The molecule has 5 nitrogen and oxygen atoms in total. The number of rotatable bonds is 10. The van der Waals surface area contributed by atoms with Gasteiger partial charge in [0.2, 0.25) is 6.36 Å². The quantitative estimate of drug-likeness (QED) is 0.143. The molecule has 0 fully saturated rings. The van der Waals surface area contributed by atoms with Crippen molar-refractivity contribution in [1.29, 1.82) is 0 Å². The molecular weight excluding hydrogens is 596 g/mol. The van der Waals surface area contributed by atoms with Gasteiger partial charge >= 0.3 is 5.97 Å². The Bertz CT molecular complexity index is 1330. The summed E-state index contributed by atoms with van der Waals surface area (Å²) in [7, 11) is 0. The summed E-state index contributed by atoms with van der Waals surface area (Å²) in [5.74, 6) is -3.93. The molecule has 3 rings (SSSR count). The zero-order valence-corrected chi connectivity index (χ0v) is 23.1. The monoisotopic (exact) mass is 618 g/mol. The van der Waals surface area contributed by atoms with Crippen molar-refractivity contribution in [3.05, 3.63) is 73.3 Å². The van der Waals surface area contributed by atoms with E-state index in [1.54, 1.807) is 32.0 Å². The van der Waals surface area contributed by atoms with Gasteiger partial charge in [0.15, 0.2) is 0 Å². The largest absolute Gasteiger partial charge is 0.431 e. The molecule has 37 heavy (non-hydrogen) atoms. The van der Waals surface area contributed by atoms with Crippen LogP contribution in [0.3, 0.4) is 0 Å². The maximum Gasteiger partial charge on any atom is 0.308 e. The number of carbonyl (C=O) groups excluding carboxylic acids is 2. The third kappa shape index (κ3) is 7.15. The van der Waals surface area contributed by atoms with E-state index in [1.165, 1.54) is 0 Å². The lowest BCUT2D eigenvalue weighted by Gasteiger charge is -2.21. The van der Waals surface area contributed by atoms with E-state index in [2.05, 4.69) is 26.2 Å². The fourth-order valence-corrected chi connectivity index (χ4v) is 4.80. The minimum Gasteiger partial charge on any atom is -0.431 e. The highest BCUT2D eigenvalue weighted by Gasteiger charge is 2.25. The number of pyridine rings is 1. The lowest BCUT2D eigenvalue weighted by Crippen LogP contribution is -2.30. The Morgan fingerprint density at radius 2 is 1.84 bits per heavy atom. The average Bonchev–Trinajstić information content (AvgIpc) is 2.84. The van der Waals surface area contributed by atoms with Crippen molar-refractivity contribution >= 4 is 61.9 Å². The second-order valence-corrected chi connectivity index (χ2v) is 10.1. The van der Waals surface area contributed by atoms with Crippen LogP contribution in [0.25, 0.3) is 10.9 Å². The number of aromatic nitrogens is 1. The topological polar surface area (TPSA) is 68.3 Å². The molecule has 0 saturated heterocycles. The van der Waals surface area contributed by atoms with Crippen LogP contribution in [0.15, 0.2) is 34.8 Å². The minimum absolute atomic E-state index is 0.0491. The van der Waals surface area contributed by atoms with Gasteiger partial charge in [-0.05, 0) is 55.7 Å². The highest BCUT2D eigenvalue weighted by molar-refractivity contribution is 9.10. The predicted octanol–water partition coefficient (Wildman–Crippen LogP) is 7.82. The predicted molar refractivity (Wildman–Crippen MR) is 141 cm³/mol. The molecule has 11 heteroatoms. The molecule has 2 atom stereocenters. The van der Waals surface area contributed by atoms with Gasteiger partial charge < -0.3 is 10.1 Å². The van der Waals surface area contributed by atoms with E-state index in [9.17, 15) is 22.8 Å². The summed E-state index contributed by atoms with van der Waals surface area (Å²) in [4.78, 5) is 29.8. The molecule has 198 valence electrons. The first kappa shape index (κ1) is 29.2. The molecule has 0 aliphatic rings. The van der Waals surface area contributed by atoms with Gasteiger partial charge in [0.25, 0.3) is 5.91 Å². The van der Waals surface area contributed by atoms with Gasteiger partial charge in [-0.15, -0.1) is 0 Å².